The summed E-state index contributed by atoms with van der Waals surface area (Å²) >= 11 is 0. The minimum Gasteiger partial charge on any atom is -0.402 e. The van der Waals surface area contributed by atoms with Gasteiger partial charge in [0.05, 0.1) is 0 Å². The summed E-state index contributed by atoms with van der Waals surface area (Å²) in [6, 6.07) is 0. The minimum absolute atomic E-state index is 0. The van der Waals surface area contributed by atoms with Gasteiger partial charge in [0.25, 0.3) is 0 Å². The van der Waals surface area contributed by atoms with Crippen molar-refractivity contribution < 1.29 is 96.8 Å². The van der Waals surface area contributed by atoms with Crippen molar-refractivity contribution in [2.24, 2.45) is 0 Å². The van der Waals surface area contributed by atoms with Crippen molar-refractivity contribution >= 4 is 7.32 Å². The van der Waals surface area contributed by atoms with E-state index in [0.29, 0.717) is 0 Å². The summed E-state index contributed by atoms with van der Waals surface area (Å²) in [5.74, 6) is 0. The SMILES string of the molecule is OB(O)O.[Ce].[Gd]. The van der Waals surface area contributed by atoms with Crippen LogP contribution in [0.4, 0.5) is 0 Å². The zero-order valence-corrected chi connectivity index (χ0v) is 8.18. The van der Waals surface area contributed by atoms with Crippen molar-refractivity contribution in [2.45, 2.75) is 0 Å². The maximum absolute atomic E-state index is 7.17. The Morgan fingerprint density at radius 2 is 1.00 bits per heavy atom. The molecule has 0 aromatic rings. The van der Waals surface area contributed by atoms with Crippen molar-refractivity contribution in [3.05, 3.63) is 0 Å². The van der Waals surface area contributed by atoms with Gasteiger partial charge in [0.1, 0.15) is 0 Å². The molecule has 0 aliphatic heterocycles. The average molecular weight is 359 g/mol. The largest absolute Gasteiger partial charge is 0.631 e. The zero-order chi connectivity index (χ0) is 3.58. The molecule has 0 rings (SSSR count). The van der Waals surface area contributed by atoms with Crippen LogP contribution in [0.15, 0.2) is 0 Å². The van der Waals surface area contributed by atoms with Gasteiger partial charge in [-0.3, -0.25) is 0 Å². The third kappa shape index (κ3) is 30.3. The smallest absolute Gasteiger partial charge is 0.402 e. The fraction of sp³-hybridized carbons (Fsp3) is 0. The van der Waals surface area contributed by atoms with Gasteiger partial charge in [-0.2, -0.15) is 0 Å². The second-order valence-corrected chi connectivity index (χ2v) is 0.346. The Hall–Kier alpha value is 2.65. The maximum Gasteiger partial charge on any atom is 0.631 e. The molecule has 0 amide bonds. The number of hydrogen-bond acceptors (Lipinski definition) is 3. The predicted octanol–water partition coefficient (Wildman–Crippen LogP) is -2.05. The van der Waals surface area contributed by atoms with E-state index >= 15 is 0 Å². The third-order valence-corrected chi connectivity index (χ3v) is 0. The quantitative estimate of drug-likeness (QED) is 0.437. The molecule has 3 N–H and O–H groups in total. The van der Waals surface area contributed by atoms with Crippen LogP contribution in [0.1, 0.15) is 0 Å². The van der Waals surface area contributed by atoms with Gasteiger partial charge in [0.15, 0.2) is 0 Å². The molecule has 0 aromatic carbocycles. The van der Waals surface area contributed by atoms with Crippen molar-refractivity contribution in [3.63, 3.8) is 0 Å². The molecular weight excluding hydrogens is 356 g/mol. The van der Waals surface area contributed by atoms with E-state index in [1.165, 1.54) is 0 Å². The van der Waals surface area contributed by atoms with E-state index in [0.717, 1.165) is 0 Å². The molecule has 0 heterocycles. The summed E-state index contributed by atoms with van der Waals surface area (Å²) < 4.78 is 0. The Kier molecular flexibility index (Phi) is 28.0. The number of rotatable bonds is 0. The molecule has 3 nitrogen and oxygen atoms in total. The van der Waals surface area contributed by atoms with Gasteiger partial charge < -0.3 is 15.1 Å². The van der Waals surface area contributed by atoms with Crippen LogP contribution in [-0.4, -0.2) is 22.4 Å². The molecule has 36 valence electrons. The molecule has 0 saturated heterocycles. The zero-order valence-electron chi connectivity index (χ0n) is 2.77. The van der Waals surface area contributed by atoms with E-state index in [-0.39, 0.29) is 81.7 Å². The predicted molar refractivity (Wildman–Crippen MR) is 12.4 cm³/mol. The molecule has 0 saturated carbocycles. The molecule has 6 heteroatoms. The van der Waals surface area contributed by atoms with Crippen LogP contribution in [0, 0.1) is 81.7 Å². The third-order valence-electron chi connectivity index (χ3n) is 0. The van der Waals surface area contributed by atoms with Crippen LogP contribution in [0.3, 0.4) is 0 Å². The van der Waals surface area contributed by atoms with E-state index in [4.69, 9.17) is 15.1 Å². The normalized spacial score (nSPS) is 4.50. The summed E-state index contributed by atoms with van der Waals surface area (Å²) in [4.78, 5) is 0. The molecular formula is H3BCeGdO3. The molecule has 0 unspecified atom stereocenters. The van der Waals surface area contributed by atoms with Crippen LogP contribution in [0.5, 0.6) is 0 Å². The first kappa shape index (κ1) is 15.9. The molecule has 0 atom stereocenters. The molecule has 0 bridgehead atoms. The topological polar surface area (TPSA) is 60.7 Å². The fourth-order valence-electron chi connectivity index (χ4n) is 0. The summed E-state index contributed by atoms with van der Waals surface area (Å²) in [7, 11) is -2.17. The average Bonchev–Trinajstić information content (AvgIpc) is 0.811. The molecule has 6 heavy (non-hydrogen) atoms. The van der Waals surface area contributed by atoms with Gasteiger partial charge in [-0.25, -0.2) is 0 Å². The first-order valence-corrected chi connectivity index (χ1v) is 0.775. The Bertz CT molecular complexity index is 15.5. The monoisotopic (exact) mass is 360 g/mol. The first-order valence-electron chi connectivity index (χ1n) is 0.775. The molecule has 0 spiro atoms. The molecule has 0 aliphatic carbocycles. The molecule has 0 aliphatic rings. The number of hydrogen-bond donors (Lipinski definition) is 3. The van der Waals surface area contributed by atoms with E-state index < -0.39 is 7.32 Å². The fourth-order valence-corrected chi connectivity index (χ4v) is 0. The van der Waals surface area contributed by atoms with E-state index in [1.54, 1.807) is 0 Å². The van der Waals surface area contributed by atoms with Crippen molar-refractivity contribution in [3.8, 4) is 0 Å². The second kappa shape index (κ2) is 10.6. The minimum atomic E-state index is -2.17. The Balaban J connectivity index is -0.0000000450. The van der Waals surface area contributed by atoms with Gasteiger partial charge in [0, 0.05) is 81.7 Å². The van der Waals surface area contributed by atoms with Gasteiger partial charge in [-0.15, -0.1) is 0 Å². The van der Waals surface area contributed by atoms with Gasteiger partial charge in [-0.1, -0.05) is 0 Å². The van der Waals surface area contributed by atoms with Gasteiger partial charge >= 0.3 is 7.32 Å². The van der Waals surface area contributed by atoms with Crippen LogP contribution in [-0.2, 0) is 0 Å². The van der Waals surface area contributed by atoms with Crippen LogP contribution in [0.2, 0.25) is 0 Å². The Labute approximate surface area is 102 Å². The van der Waals surface area contributed by atoms with E-state index in [9.17, 15) is 0 Å². The van der Waals surface area contributed by atoms with Crippen LogP contribution >= 0.6 is 0 Å². The molecule has 0 aromatic heterocycles. The van der Waals surface area contributed by atoms with Crippen molar-refractivity contribution in [2.75, 3.05) is 0 Å². The standard InChI is InChI=1S/BH3O3.Ce.Gd/c2-1(3)4;;/h2-4H;;. The van der Waals surface area contributed by atoms with E-state index in [1.807, 2.05) is 0 Å². The molecule has 0 fully saturated rings. The van der Waals surface area contributed by atoms with Gasteiger partial charge in [-0.05, 0) is 0 Å². The molecule has 0 radical (unpaired) electrons. The maximum atomic E-state index is 7.17. The van der Waals surface area contributed by atoms with Gasteiger partial charge in [0.2, 0.25) is 0 Å². The summed E-state index contributed by atoms with van der Waals surface area (Å²) in [5.41, 5.74) is 0. The van der Waals surface area contributed by atoms with Crippen molar-refractivity contribution in [1.82, 2.24) is 0 Å². The van der Waals surface area contributed by atoms with Crippen LogP contribution in [0.25, 0.3) is 0 Å². The summed E-state index contributed by atoms with van der Waals surface area (Å²) in [6.45, 7) is 0. The van der Waals surface area contributed by atoms with Crippen molar-refractivity contribution in [1.29, 1.82) is 0 Å². The van der Waals surface area contributed by atoms with E-state index in [2.05, 4.69) is 0 Å². The Morgan fingerprint density at radius 1 is 1.00 bits per heavy atom. The first-order chi connectivity index (χ1) is 1.73. The summed E-state index contributed by atoms with van der Waals surface area (Å²) in [5, 5.41) is 21.5. The van der Waals surface area contributed by atoms with Crippen LogP contribution < -0.4 is 0 Å². The Morgan fingerprint density at radius 3 is 1.00 bits per heavy atom. The summed E-state index contributed by atoms with van der Waals surface area (Å²) in [6.07, 6.45) is 0. The second-order valence-electron chi connectivity index (χ2n) is 0.346.